The number of carbonyl (C=O) groups is 1. The summed E-state index contributed by atoms with van der Waals surface area (Å²) in [6.45, 7) is 6.62. The van der Waals surface area contributed by atoms with Gasteiger partial charge in [0.15, 0.2) is 0 Å². The standard InChI is InChI=1S/C16H25N3O/c1-13(2)19(14-7-5-4-6-8-14)16(20)12-18(3)15-9-10-17-11-15/h4-8,13,15,17H,9-12H2,1-3H3. The number of rotatable bonds is 5. The van der Waals surface area contributed by atoms with Gasteiger partial charge in [0.05, 0.1) is 6.54 Å². The number of nitrogens with zero attached hydrogens (tertiary/aromatic N) is 2. The highest BCUT2D eigenvalue weighted by Crippen LogP contribution is 2.17. The van der Waals surface area contributed by atoms with Gasteiger partial charge in [0.2, 0.25) is 5.91 Å². The van der Waals surface area contributed by atoms with E-state index in [1.165, 1.54) is 0 Å². The molecule has 1 aromatic carbocycles. The summed E-state index contributed by atoms with van der Waals surface area (Å²) in [7, 11) is 2.04. The third kappa shape index (κ3) is 3.58. The van der Waals surface area contributed by atoms with Crippen LogP contribution in [0.15, 0.2) is 30.3 Å². The third-order valence-corrected chi connectivity index (χ3v) is 3.86. The lowest BCUT2D eigenvalue weighted by Gasteiger charge is -2.30. The first-order chi connectivity index (χ1) is 9.59. The molecule has 4 nitrogen and oxygen atoms in total. The minimum atomic E-state index is 0.167. The molecule has 1 aliphatic rings. The lowest BCUT2D eigenvalue weighted by Crippen LogP contribution is -2.46. The fraction of sp³-hybridized carbons (Fsp3) is 0.562. The summed E-state index contributed by atoms with van der Waals surface area (Å²) in [5.41, 5.74) is 0.977. The molecule has 1 aromatic rings. The van der Waals surface area contributed by atoms with Crippen molar-refractivity contribution < 1.29 is 4.79 Å². The maximum Gasteiger partial charge on any atom is 0.241 e. The van der Waals surface area contributed by atoms with Crippen molar-refractivity contribution in [1.29, 1.82) is 0 Å². The zero-order valence-corrected chi connectivity index (χ0v) is 12.7. The number of carbonyl (C=O) groups excluding carboxylic acids is 1. The van der Waals surface area contributed by atoms with Crippen molar-refractivity contribution in [1.82, 2.24) is 10.2 Å². The molecule has 4 heteroatoms. The summed E-state index contributed by atoms with van der Waals surface area (Å²) in [5, 5.41) is 3.34. The molecule has 110 valence electrons. The highest BCUT2D eigenvalue weighted by atomic mass is 16.2. The maximum absolute atomic E-state index is 12.6. The van der Waals surface area contributed by atoms with E-state index >= 15 is 0 Å². The Morgan fingerprint density at radius 3 is 2.60 bits per heavy atom. The van der Waals surface area contributed by atoms with E-state index < -0.39 is 0 Å². The van der Waals surface area contributed by atoms with Crippen molar-refractivity contribution in [2.45, 2.75) is 32.4 Å². The Morgan fingerprint density at radius 2 is 2.05 bits per heavy atom. The quantitative estimate of drug-likeness (QED) is 0.889. The van der Waals surface area contributed by atoms with E-state index in [2.05, 4.69) is 24.1 Å². The van der Waals surface area contributed by atoms with Crippen LogP contribution in [0.3, 0.4) is 0 Å². The number of amides is 1. The van der Waals surface area contributed by atoms with Crippen molar-refractivity contribution in [2.24, 2.45) is 0 Å². The first kappa shape index (κ1) is 15.0. The Kier molecular flexibility index (Phi) is 5.15. The summed E-state index contributed by atoms with van der Waals surface area (Å²) in [6.07, 6.45) is 1.12. The number of hydrogen-bond donors (Lipinski definition) is 1. The highest BCUT2D eigenvalue weighted by Gasteiger charge is 2.25. The Hall–Kier alpha value is -1.39. The van der Waals surface area contributed by atoms with Gasteiger partial charge in [-0.3, -0.25) is 9.69 Å². The molecule has 1 saturated heterocycles. The average Bonchev–Trinajstić information content (AvgIpc) is 2.93. The van der Waals surface area contributed by atoms with Gasteiger partial charge in [0, 0.05) is 24.3 Å². The predicted octanol–water partition coefficient (Wildman–Crippen LogP) is 1.72. The topological polar surface area (TPSA) is 35.6 Å². The van der Waals surface area contributed by atoms with Crippen LogP contribution in [0.1, 0.15) is 20.3 Å². The number of nitrogens with one attached hydrogen (secondary N) is 1. The molecule has 0 aromatic heterocycles. The van der Waals surface area contributed by atoms with Crippen LogP contribution in [-0.4, -0.2) is 49.6 Å². The monoisotopic (exact) mass is 275 g/mol. The molecular formula is C16H25N3O. The molecule has 0 aliphatic carbocycles. The summed E-state index contributed by atoms with van der Waals surface area (Å²) in [4.78, 5) is 16.7. The molecule has 1 amide bonds. The normalized spacial score (nSPS) is 18.8. The molecule has 1 heterocycles. The second kappa shape index (κ2) is 6.86. The van der Waals surface area contributed by atoms with Gasteiger partial charge in [0.25, 0.3) is 0 Å². The first-order valence-electron chi connectivity index (χ1n) is 7.37. The average molecular weight is 275 g/mol. The smallest absolute Gasteiger partial charge is 0.241 e. The van der Waals surface area contributed by atoms with Gasteiger partial charge in [-0.15, -0.1) is 0 Å². The SMILES string of the molecule is CC(C)N(C(=O)CN(C)C1CCNC1)c1ccccc1. The van der Waals surface area contributed by atoms with Crippen LogP contribution in [0, 0.1) is 0 Å². The lowest BCUT2D eigenvalue weighted by molar-refractivity contribution is -0.120. The molecule has 1 fully saturated rings. The van der Waals surface area contributed by atoms with E-state index in [4.69, 9.17) is 0 Å². The molecule has 0 radical (unpaired) electrons. The molecule has 1 aliphatic heterocycles. The van der Waals surface area contributed by atoms with Crippen molar-refractivity contribution in [3.8, 4) is 0 Å². The van der Waals surface area contributed by atoms with Crippen molar-refractivity contribution in [3.05, 3.63) is 30.3 Å². The fourth-order valence-corrected chi connectivity index (χ4v) is 2.75. The number of benzene rings is 1. The maximum atomic E-state index is 12.6. The van der Waals surface area contributed by atoms with E-state index in [-0.39, 0.29) is 11.9 Å². The van der Waals surface area contributed by atoms with E-state index in [0.29, 0.717) is 12.6 Å². The Morgan fingerprint density at radius 1 is 1.35 bits per heavy atom. The Bertz CT molecular complexity index is 427. The third-order valence-electron chi connectivity index (χ3n) is 3.86. The van der Waals surface area contributed by atoms with E-state index in [9.17, 15) is 4.79 Å². The zero-order valence-electron chi connectivity index (χ0n) is 12.7. The Labute approximate surface area is 121 Å². The minimum Gasteiger partial charge on any atom is -0.315 e. The second-order valence-corrected chi connectivity index (χ2v) is 5.75. The molecular weight excluding hydrogens is 250 g/mol. The van der Waals surface area contributed by atoms with Gasteiger partial charge >= 0.3 is 0 Å². The van der Waals surface area contributed by atoms with E-state index in [1.54, 1.807) is 0 Å². The van der Waals surface area contributed by atoms with Crippen LogP contribution in [-0.2, 0) is 4.79 Å². The van der Waals surface area contributed by atoms with Crippen LogP contribution in [0.5, 0.6) is 0 Å². The molecule has 2 rings (SSSR count). The zero-order chi connectivity index (χ0) is 14.5. The largest absolute Gasteiger partial charge is 0.315 e. The molecule has 0 bridgehead atoms. The van der Waals surface area contributed by atoms with Crippen molar-refractivity contribution in [2.75, 3.05) is 31.6 Å². The molecule has 20 heavy (non-hydrogen) atoms. The van der Waals surface area contributed by atoms with Gasteiger partial charge in [0.1, 0.15) is 0 Å². The van der Waals surface area contributed by atoms with Crippen molar-refractivity contribution >= 4 is 11.6 Å². The fourth-order valence-electron chi connectivity index (χ4n) is 2.75. The van der Waals surface area contributed by atoms with Gasteiger partial charge < -0.3 is 10.2 Å². The summed E-state index contributed by atoms with van der Waals surface area (Å²) in [6, 6.07) is 10.6. The minimum absolute atomic E-state index is 0.167. The van der Waals surface area contributed by atoms with Gasteiger partial charge in [-0.1, -0.05) is 18.2 Å². The second-order valence-electron chi connectivity index (χ2n) is 5.75. The number of anilines is 1. The Balaban J connectivity index is 2.04. The number of likely N-dealkylation sites (N-methyl/N-ethyl adjacent to an activating group) is 1. The molecule has 0 spiro atoms. The first-order valence-corrected chi connectivity index (χ1v) is 7.37. The van der Waals surface area contributed by atoms with Crippen LogP contribution < -0.4 is 10.2 Å². The molecule has 1 atom stereocenters. The van der Waals surface area contributed by atoms with Gasteiger partial charge in [-0.05, 0) is 46.0 Å². The number of para-hydroxylation sites is 1. The van der Waals surface area contributed by atoms with Crippen LogP contribution in [0.2, 0.25) is 0 Å². The molecule has 1 N–H and O–H groups in total. The van der Waals surface area contributed by atoms with Crippen LogP contribution >= 0.6 is 0 Å². The van der Waals surface area contributed by atoms with E-state index in [1.807, 2.05) is 42.3 Å². The lowest BCUT2D eigenvalue weighted by atomic mass is 10.2. The van der Waals surface area contributed by atoms with Gasteiger partial charge in [-0.25, -0.2) is 0 Å². The van der Waals surface area contributed by atoms with Crippen LogP contribution in [0.4, 0.5) is 5.69 Å². The summed E-state index contributed by atoms with van der Waals surface area (Å²) < 4.78 is 0. The highest BCUT2D eigenvalue weighted by molar-refractivity contribution is 5.95. The predicted molar refractivity (Wildman–Crippen MR) is 83.0 cm³/mol. The van der Waals surface area contributed by atoms with Crippen LogP contribution in [0.25, 0.3) is 0 Å². The summed E-state index contributed by atoms with van der Waals surface area (Å²) in [5.74, 6) is 0.167. The summed E-state index contributed by atoms with van der Waals surface area (Å²) >= 11 is 0. The molecule has 0 saturated carbocycles. The number of hydrogen-bond acceptors (Lipinski definition) is 3. The van der Waals surface area contributed by atoms with E-state index in [0.717, 1.165) is 25.2 Å². The molecule has 1 unspecified atom stereocenters. The van der Waals surface area contributed by atoms with Crippen molar-refractivity contribution in [3.63, 3.8) is 0 Å². The van der Waals surface area contributed by atoms with Gasteiger partial charge in [-0.2, -0.15) is 0 Å².